The van der Waals surface area contributed by atoms with Crippen molar-refractivity contribution >= 4 is 17.9 Å². The number of alkyl carbamates (subject to hydrolysis) is 1. The highest BCUT2D eigenvalue weighted by Crippen LogP contribution is 2.29. The number of rotatable bonds is 8. The number of ether oxygens (including phenoxy) is 1. The van der Waals surface area contributed by atoms with Gasteiger partial charge in [-0.15, -0.1) is 0 Å². The Morgan fingerprint density at radius 3 is 2.41 bits per heavy atom. The van der Waals surface area contributed by atoms with Gasteiger partial charge in [0, 0.05) is 43.6 Å². The van der Waals surface area contributed by atoms with E-state index in [0.717, 1.165) is 31.7 Å². The Morgan fingerprint density at radius 2 is 1.76 bits per heavy atom. The molecule has 1 aromatic rings. The molecule has 0 bridgehead atoms. The second-order valence-electron chi connectivity index (χ2n) is 10.0. The minimum Gasteiger partial charge on any atom is -0.444 e. The summed E-state index contributed by atoms with van der Waals surface area (Å²) in [6, 6.07) is 0.0857. The minimum atomic E-state index is -1.32. The summed E-state index contributed by atoms with van der Waals surface area (Å²) in [7, 11) is 0. The van der Waals surface area contributed by atoms with E-state index in [2.05, 4.69) is 10.6 Å². The first kappa shape index (κ1) is 25.8. The first-order valence-electron chi connectivity index (χ1n) is 11.6. The summed E-state index contributed by atoms with van der Waals surface area (Å²) in [5, 5.41) is 5.46. The van der Waals surface area contributed by atoms with Crippen molar-refractivity contribution in [3.05, 3.63) is 35.1 Å². The van der Waals surface area contributed by atoms with Crippen molar-refractivity contribution in [2.45, 2.75) is 77.0 Å². The molecule has 1 aromatic carbocycles. The lowest BCUT2D eigenvalue weighted by Gasteiger charge is -2.28. The van der Waals surface area contributed by atoms with Crippen LogP contribution in [-0.2, 0) is 20.7 Å². The molecule has 0 radical (unpaired) electrons. The van der Waals surface area contributed by atoms with Crippen molar-refractivity contribution in [1.29, 1.82) is 0 Å². The van der Waals surface area contributed by atoms with Crippen LogP contribution in [0.4, 0.5) is 18.0 Å². The highest BCUT2D eigenvalue weighted by molar-refractivity contribution is 5.81. The fraction of sp³-hybridized carbons (Fsp3) is 0.625. The molecule has 3 rings (SSSR count). The molecule has 1 saturated carbocycles. The molecule has 1 saturated heterocycles. The summed E-state index contributed by atoms with van der Waals surface area (Å²) in [6.45, 7) is 5.87. The summed E-state index contributed by atoms with van der Waals surface area (Å²) < 4.78 is 46.5. The standard InChI is InChI=1S/C24H32F3N3O4/c1-24(2,3)34-23(33)29-16(9-15-10-19(26)20(27)12-18(15)25)11-21(31)30-8-4-5-17(30)13-28-22(32)14-6-7-14/h10,12,14,16-17H,4-9,11,13H2,1-3H3,(H,28,32)(H,29,33). The van der Waals surface area contributed by atoms with Crippen molar-refractivity contribution in [2.24, 2.45) is 5.92 Å². The van der Waals surface area contributed by atoms with Gasteiger partial charge in [0.15, 0.2) is 11.6 Å². The second-order valence-corrected chi connectivity index (χ2v) is 10.0. The maximum absolute atomic E-state index is 14.3. The van der Waals surface area contributed by atoms with E-state index in [-0.39, 0.29) is 42.2 Å². The third-order valence-corrected chi connectivity index (χ3v) is 5.86. The van der Waals surface area contributed by atoms with E-state index in [9.17, 15) is 27.6 Å². The van der Waals surface area contributed by atoms with Gasteiger partial charge in [0.1, 0.15) is 11.4 Å². The quantitative estimate of drug-likeness (QED) is 0.555. The fourth-order valence-electron chi connectivity index (χ4n) is 4.05. The molecule has 2 fully saturated rings. The number of nitrogens with one attached hydrogen (secondary N) is 2. The maximum atomic E-state index is 14.3. The van der Waals surface area contributed by atoms with Crippen molar-refractivity contribution in [3.8, 4) is 0 Å². The Hall–Kier alpha value is -2.78. The summed E-state index contributed by atoms with van der Waals surface area (Å²) in [4.78, 5) is 39.1. The molecule has 188 valence electrons. The molecule has 10 heteroatoms. The van der Waals surface area contributed by atoms with Crippen LogP contribution in [0.15, 0.2) is 12.1 Å². The van der Waals surface area contributed by atoms with Gasteiger partial charge in [0.2, 0.25) is 11.8 Å². The van der Waals surface area contributed by atoms with E-state index in [4.69, 9.17) is 4.74 Å². The van der Waals surface area contributed by atoms with Crippen molar-refractivity contribution in [3.63, 3.8) is 0 Å². The molecule has 2 aliphatic rings. The van der Waals surface area contributed by atoms with Crippen LogP contribution >= 0.6 is 0 Å². The molecule has 0 spiro atoms. The lowest BCUT2D eigenvalue weighted by Crippen LogP contribution is -2.47. The van der Waals surface area contributed by atoms with Gasteiger partial charge in [-0.05, 0) is 64.5 Å². The van der Waals surface area contributed by atoms with E-state index >= 15 is 0 Å². The summed E-state index contributed by atoms with van der Waals surface area (Å²) >= 11 is 0. The van der Waals surface area contributed by atoms with Gasteiger partial charge >= 0.3 is 6.09 Å². The molecule has 1 heterocycles. The Morgan fingerprint density at radius 1 is 1.09 bits per heavy atom. The minimum absolute atomic E-state index is 0.00224. The number of benzene rings is 1. The van der Waals surface area contributed by atoms with Crippen LogP contribution in [-0.4, -0.2) is 53.6 Å². The highest BCUT2D eigenvalue weighted by atomic mass is 19.2. The molecule has 34 heavy (non-hydrogen) atoms. The average Bonchev–Trinajstić information content (AvgIpc) is 3.46. The van der Waals surface area contributed by atoms with Crippen LogP contribution in [0, 0.1) is 23.4 Å². The van der Waals surface area contributed by atoms with Crippen molar-refractivity contribution in [2.75, 3.05) is 13.1 Å². The number of likely N-dealkylation sites (tertiary alicyclic amines) is 1. The van der Waals surface area contributed by atoms with E-state index in [0.29, 0.717) is 19.2 Å². The Balaban J connectivity index is 1.68. The first-order valence-corrected chi connectivity index (χ1v) is 11.6. The molecule has 2 N–H and O–H groups in total. The number of carbonyl (C=O) groups excluding carboxylic acids is 3. The predicted octanol–water partition coefficient (Wildman–Crippen LogP) is 3.45. The predicted molar refractivity (Wildman–Crippen MR) is 118 cm³/mol. The summed E-state index contributed by atoms with van der Waals surface area (Å²) in [5.41, 5.74) is -0.964. The van der Waals surface area contributed by atoms with E-state index in [1.165, 1.54) is 0 Å². The molecule has 2 unspecified atom stereocenters. The molecular formula is C24H32F3N3O4. The zero-order valence-electron chi connectivity index (χ0n) is 19.8. The lowest BCUT2D eigenvalue weighted by atomic mass is 10.0. The van der Waals surface area contributed by atoms with Crippen molar-refractivity contribution < 1.29 is 32.3 Å². The third-order valence-electron chi connectivity index (χ3n) is 5.86. The van der Waals surface area contributed by atoms with Crippen LogP contribution in [0.5, 0.6) is 0 Å². The van der Waals surface area contributed by atoms with E-state index in [1.807, 2.05) is 0 Å². The summed E-state index contributed by atoms with van der Waals surface area (Å²) in [6.07, 6.45) is 2.06. The number of hydrogen-bond donors (Lipinski definition) is 2. The number of hydrogen-bond acceptors (Lipinski definition) is 4. The largest absolute Gasteiger partial charge is 0.444 e. The van der Waals surface area contributed by atoms with Crippen LogP contribution in [0.25, 0.3) is 0 Å². The van der Waals surface area contributed by atoms with Gasteiger partial charge in [-0.1, -0.05) is 0 Å². The van der Waals surface area contributed by atoms with Gasteiger partial charge in [-0.2, -0.15) is 0 Å². The number of nitrogens with zero attached hydrogens (tertiary/aromatic N) is 1. The topological polar surface area (TPSA) is 87.7 Å². The van der Waals surface area contributed by atoms with Crippen LogP contribution in [0.3, 0.4) is 0 Å². The van der Waals surface area contributed by atoms with Crippen LogP contribution in [0.1, 0.15) is 58.4 Å². The lowest BCUT2D eigenvalue weighted by molar-refractivity contribution is -0.133. The second kappa shape index (κ2) is 10.7. The molecule has 0 aromatic heterocycles. The number of halogens is 3. The van der Waals surface area contributed by atoms with Crippen LogP contribution < -0.4 is 10.6 Å². The van der Waals surface area contributed by atoms with Gasteiger partial charge in [0.25, 0.3) is 0 Å². The third kappa shape index (κ3) is 7.36. The van der Waals surface area contributed by atoms with Gasteiger partial charge < -0.3 is 20.3 Å². The molecule has 7 nitrogen and oxygen atoms in total. The van der Waals surface area contributed by atoms with E-state index < -0.39 is 35.2 Å². The SMILES string of the molecule is CC(C)(C)OC(=O)NC(CC(=O)N1CCCC1CNC(=O)C1CC1)Cc1cc(F)c(F)cc1F. The molecule has 3 amide bonds. The fourth-order valence-corrected chi connectivity index (χ4v) is 4.05. The summed E-state index contributed by atoms with van der Waals surface area (Å²) in [5.74, 6) is -3.72. The number of carbonyl (C=O) groups is 3. The number of amides is 3. The van der Waals surface area contributed by atoms with Crippen molar-refractivity contribution in [1.82, 2.24) is 15.5 Å². The molecule has 1 aliphatic heterocycles. The van der Waals surface area contributed by atoms with E-state index in [1.54, 1.807) is 25.7 Å². The Kier molecular flexibility index (Phi) is 8.09. The van der Waals surface area contributed by atoms with Gasteiger partial charge in [-0.3, -0.25) is 9.59 Å². The van der Waals surface area contributed by atoms with Crippen LogP contribution in [0.2, 0.25) is 0 Å². The van der Waals surface area contributed by atoms with Gasteiger partial charge in [0.05, 0.1) is 0 Å². The molecule has 1 aliphatic carbocycles. The monoisotopic (exact) mass is 483 g/mol. The smallest absolute Gasteiger partial charge is 0.407 e. The highest BCUT2D eigenvalue weighted by Gasteiger charge is 2.34. The molecular weight excluding hydrogens is 451 g/mol. The first-order chi connectivity index (χ1) is 15.9. The maximum Gasteiger partial charge on any atom is 0.407 e. The van der Waals surface area contributed by atoms with Gasteiger partial charge in [-0.25, -0.2) is 18.0 Å². The Labute approximate surface area is 197 Å². The zero-order valence-corrected chi connectivity index (χ0v) is 19.8. The average molecular weight is 484 g/mol. The normalized spacial score (nSPS) is 19.0. The molecule has 2 atom stereocenters. The Bertz CT molecular complexity index is 931. The zero-order chi connectivity index (χ0) is 25.0.